The lowest BCUT2D eigenvalue weighted by Gasteiger charge is -2.29. The standard InChI is InChI=1S/C22H42N4O/c1-4-6-8-10-12-14-18-26(19-15-13-11-9-7-5-2)20(3)27-21-16-17-24-22(23)25-21/h16-17,20H,4-15,18-19H2,1-3H3,(H2,23,24,25). The predicted octanol–water partition coefficient (Wildman–Crippen LogP) is 5.81. The minimum absolute atomic E-state index is 0.00517. The molecule has 27 heavy (non-hydrogen) atoms. The number of rotatable bonds is 17. The average Bonchev–Trinajstić information content (AvgIpc) is 2.65. The molecule has 0 amide bonds. The van der Waals surface area contributed by atoms with E-state index in [-0.39, 0.29) is 12.2 Å². The van der Waals surface area contributed by atoms with Gasteiger partial charge in [0.1, 0.15) is 0 Å². The third kappa shape index (κ3) is 11.9. The van der Waals surface area contributed by atoms with Crippen molar-refractivity contribution in [2.75, 3.05) is 18.8 Å². The Balaban J connectivity index is 2.41. The molecule has 1 rings (SSSR count). The molecule has 0 bridgehead atoms. The molecule has 0 spiro atoms. The summed E-state index contributed by atoms with van der Waals surface area (Å²) in [7, 11) is 0. The van der Waals surface area contributed by atoms with Gasteiger partial charge in [-0.05, 0) is 19.8 Å². The molecule has 1 aromatic rings. The van der Waals surface area contributed by atoms with E-state index in [0.717, 1.165) is 13.1 Å². The van der Waals surface area contributed by atoms with Gasteiger partial charge in [-0.2, -0.15) is 4.98 Å². The summed E-state index contributed by atoms with van der Waals surface area (Å²) in [6.45, 7) is 8.82. The number of nitrogen functional groups attached to an aromatic ring is 1. The Labute approximate surface area is 167 Å². The van der Waals surface area contributed by atoms with Gasteiger partial charge in [0.05, 0.1) is 0 Å². The van der Waals surface area contributed by atoms with Crippen LogP contribution in [0.15, 0.2) is 12.3 Å². The Kier molecular flexibility index (Phi) is 13.7. The van der Waals surface area contributed by atoms with Crippen LogP contribution in [0.5, 0.6) is 5.88 Å². The molecule has 5 nitrogen and oxygen atoms in total. The fraction of sp³-hybridized carbons (Fsp3) is 0.818. The van der Waals surface area contributed by atoms with E-state index >= 15 is 0 Å². The number of unbranched alkanes of at least 4 members (excludes halogenated alkanes) is 10. The SMILES string of the molecule is CCCCCCCCN(CCCCCCCC)C(C)Oc1ccnc(N)n1. The third-order valence-corrected chi connectivity index (χ3v) is 5.05. The maximum atomic E-state index is 6.04. The van der Waals surface area contributed by atoms with Crippen LogP contribution in [0.25, 0.3) is 0 Å². The van der Waals surface area contributed by atoms with Crippen molar-refractivity contribution in [1.82, 2.24) is 14.9 Å². The minimum atomic E-state index is 0.00517. The number of hydrogen-bond acceptors (Lipinski definition) is 5. The van der Waals surface area contributed by atoms with E-state index in [1.165, 1.54) is 77.0 Å². The summed E-state index contributed by atoms with van der Waals surface area (Å²) >= 11 is 0. The van der Waals surface area contributed by atoms with E-state index in [9.17, 15) is 0 Å². The molecular weight excluding hydrogens is 336 g/mol. The molecule has 1 atom stereocenters. The van der Waals surface area contributed by atoms with Gasteiger partial charge in [-0.25, -0.2) is 4.98 Å². The second kappa shape index (κ2) is 15.7. The first-order valence-electron chi connectivity index (χ1n) is 11.2. The molecule has 0 saturated heterocycles. The molecule has 0 radical (unpaired) electrons. The van der Waals surface area contributed by atoms with E-state index in [4.69, 9.17) is 10.5 Å². The van der Waals surface area contributed by atoms with Crippen molar-refractivity contribution in [3.05, 3.63) is 12.3 Å². The Bertz CT molecular complexity index is 453. The van der Waals surface area contributed by atoms with E-state index in [0.29, 0.717) is 5.88 Å². The van der Waals surface area contributed by atoms with Gasteiger partial charge in [0.15, 0.2) is 6.23 Å². The number of hydrogen-bond donors (Lipinski definition) is 1. The van der Waals surface area contributed by atoms with Gasteiger partial charge in [0.25, 0.3) is 0 Å². The fourth-order valence-electron chi connectivity index (χ4n) is 3.34. The Hall–Kier alpha value is -1.36. The summed E-state index contributed by atoms with van der Waals surface area (Å²) in [5.74, 6) is 0.823. The van der Waals surface area contributed by atoms with Crippen LogP contribution >= 0.6 is 0 Å². The summed E-state index contributed by atoms with van der Waals surface area (Å²) in [5.41, 5.74) is 5.67. The monoisotopic (exact) mass is 378 g/mol. The van der Waals surface area contributed by atoms with Crippen LogP contribution in [0.1, 0.15) is 97.8 Å². The number of ether oxygens (including phenoxy) is 1. The van der Waals surface area contributed by atoms with Gasteiger partial charge in [-0.15, -0.1) is 0 Å². The van der Waals surface area contributed by atoms with Gasteiger partial charge in [-0.1, -0.05) is 78.1 Å². The van der Waals surface area contributed by atoms with Gasteiger partial charge < -0.3 is 10.5 Å². The highest BCUT2D eigenvalue weighted by Crippen LogP contribution is 2.14. The van der Waals surface area contributed by atoms with Crippen LogP contribution in [0.2, 0.25) is 0 Å². The molecule has 0 aliphatic carbocycles. The first-order valence-corrected chi connectivity index (χ1v) is 11.2. The van der Waals surface area contributed by atoms with Gasteiger partial charge >= 0.3 is 0 Å². The molecule has 1 aromatic heterocycles. The quantitative estimate of drug-likeness (QED) is 0.274. The number of anilines is 1. The van der Waals surface area contributed by atoms with E-state index in [2.05, 4.69) is 35.6 Å². The number of nitrogens with two attached hydrogens (primary N) is 1. The summed E-state index contributed by atoms with van der Waals surface area (Å²) < 4.78 is 6.04. The van der Waals surface area contributed by atoms with Crippen LogP contribution in [-0.4, -0.2) is 34.2 Å². The van der Waals surface area contributed by atoms with Crippen molar-refractivity contribution in [2.24, 2.45) is 0 Å². The first-order chi connectivity index (χ1) is 13.2. The molecule has 0 aliphatic heterocycles. The second-order valence-corrected chi connectivity index (χ2v) is 7.54. The number of nitrogens with zero attached hydrogens (tertiary/aromatic N) is 3. The lowest BCUT2D eigenvalue weighted by Crippen LogP contribution is -2.39. The fourth-order valence-corrected chi connectivity index (χ4v) is 3.34. The molecular formula is C22H42N4O. The highest BCUT2D eigenvalue weighted by molar-refractivity contribution is 5.20. The molecule has 5 heteroatoms. The highest BCUT2D eigenvalue weighted by atomic mass is 16.5. The third-order valence-electron chi connectivity index (χ3n) is 5.05. The Morgan fingerprint density at radius 2 is 1.41 bits per heavy atom. The maximum absolute atomic E-state index is 6.04. The van der Waals surface area contributed by atoms with Crippen molar-refractivity contribution in [3.63, 3.8) is 0 Å². The van der Waals surface area contributed by atoms with Crippen LogP contribution in [0, 0.1) is 0 Å². The summed E-state index contributed by atoms with van der Waals surface area (Å²) in [6.07, 6.45) is 17.5. The minimum Gasteiger partial charge on any atom is -0.458 e. The van der Waals surface area contributed by atoms with E-state index in [1.807, 2.05) is 0 Å². The van der Waals surface area contributed by atoms with Gasteiger partial charge in [-0.3, -0.25) is 4.90 Å². The summed E-state index contributed by atoms with van der Waals surface area (Å²) in [6, 6.07) is 1.78. The van der Waals surface area contributed by atoms with Crippen LogP contribution in [0.3, 0.4) is 0 Å². The normalized spacial score (nSPS) is 12.4. The Morgan fingerprint density at radius 3 is 1.93 bits per heavy atom. The van der Waals surface area contributed by atoms with Gasteiger partial charge in [0.2, 0.25) is 11.8 Å². The predicted molar refractivity (Wildman–Crippen MR) is 115 cm³/mol. The first kappa shape index (κ1) is 23.7. The molecule has 0 saturated carbocycles. The van der Waals surface area contributed by atoms with E-state index in [1.54, 1.807) is 12.3 Å². The maximum Gasteiger partial charge on any atom is 0.223 e. The summed E-state index contributed by atoms with van der Waals surface area (Å²) in [5, 5.41) is 0. The zero-order chi connectivity index (χ0) is 19.7. The summed E-state index contributed by atoms with van der Waals surface area (Å²) in [4.78, 5) is 10.6. The molecule has 0 aromatic carbocycles. The average molecular weight is 379 g/mol. The van der Waals surface area contributed by atoms with E-state index < -0.39 is 0 Å². The smallest absolute Gasteiger partial charge is 0.223 e. The molecule has 1 heterocycles. The van der Waals surface area contributed by atoms with Crippen LogP contribution in [-0.2, 0) is 0 Å². The van der Waals surface area contributed by atoms with Crippen molar-refractivity contribution in [2.45, 2.75) is 104 Å². The van der Waals surface area contributed by atoms with Crippen molar-refractivity contribution < 1.29 is 4.74 Å². The van der Waals surface area contributed by atoms with Crippen molar-refractivity contribution >= 4 is 5.95 Å². The largest absolute Gasteiger partial charge is 0.458 e. The van der Waals surface area contributed by atoms with Crippen molar-refractivity contribution in [3.8, 4) is 5.88 Å². The highest BCUT2D eigenvalue weighted by Gasteiger charge is 2.15. The molecule has 0 fully saturated rings. The number of aromatic nitrogens is 2. The second-order valence-electron chi connectivity index (χ2n) is 7.54. The van der Waals surface area contributed by atoms with Crippen molar-refractivity contribution in [1.29, 1.82) is 0 Å². The van der Waals surface area contributed by atoms with Crippen LogP contribution in [0.4, 0.5) is 5.95 Å². The lowest BCUT2D eigenvalue weighted by molar-refractivity contribution is 0.0333. The molecule has 0 aliphatic rings. The molecule has 156 valence electrons. The van der Waals surface area contributed by atoms with Crippen LogP contribution < -0.4 is 10.5 Å². The molecule has 1 unspecified atom stereocenters. The topological polar surface area (TPSA) is 64.3 Å². The lowest BCUT2D eigenvalue weighted by atomic mass is 10.1. The zero-order valence-corrected chi connectivity index (χ0v) is 18.0. The molecule has 2 N–H and O–H groups in total. The zero-order valence-electron chi connectivity index (χ0n) is 18.0. The Morgan fingerprint density at radius 1 is 0.889 bits per heavy atom. The van der Waals surface area contributed by atoms with Gasteiger partial charge in [0, 0.05) is 25.4 Å².